The molecule has 1 aromatic rings. The second-order valence-electron chi connectivity index (χ2n) is 5.78. The van der Waals surface area contributed by atoms with Crippen LogP contribution in [0, 0.1) is 11.7 Å². The van der Waals surface area contributed by atoms with E-state index in [0.29, 0.717) is 18.2 Å². The molecule has 0 aliphatic carbocycles. The Morgan fingerprint density at radius 1 is 1.32 bits per heavy atom. The lowest BCUT2D eigenvalue weighted by molar-refractivity contribution is -0.124. The van der Waals surface area contributed by atoms with E-state index in [2.05, 4.69) is 22.6 Å². The average Bonchev–Trinajstić information content (AvgIpc) is 2.89. The zero-order valence-corrected chi connectivity index (χ0v) is 12.8. The van der Waals surface area contributed by atoms with E-state index in [4.69, 9.17) is 0 Å². The minimum absolute atomic E-state index is 0.0902. The van der Waals surface area contributed by atoms with Crippen LogP contribution in [0.25, 0.3) is 0 Å². The van der Waals surface area contributed by atoms with E-state index < -0.39 is 5.82 Å². The van der Waals surface area contributed by atoms with Crippen LogP contribution in [0.5, 0.6) is 0 Å². The Morgan fingerprint density at radius 3 is 2.77 bits per heavy atom. The highest BCUT2D eigenvalue weighted by Gasteiger charge is 2.19. The highest BCUT2D eigenvalue weighted by atomic mass is 19.1. The fraction of sp³-hybridized carbons (Fsp3) is 0.500. The van der Waals surface area contributed by atoms with Gasteiger partial charge in [-0.3, -0.25) is 9.59 Å². The summed E-state index contributed by atoms with van der Waals surface area (Å²) in [5.41, 5.74) is 0.402. The van der Waals surface area contributed by atoms with Crippen molar-refractivity contribution in [3.63, 3.8) is 0 Å². The Hall–Kier alpha value is -1.95. The van der Waals surface area contributed by atoms with Crippen LogP contribution < -0.4 is 10.6 Å². The van der Waals surface area contributed by atoms with Crippen molar-refractivity contribution in [1.82, 2.24) is 10.2 Å². The molecule has 1 aliphatic rings. The molecule has 1 fully saturated rings. The molecule has 2 N–H and O–H groups in total. The predicted octanol–water partition coefficient (Wildman–Crippen LogP) is 1.61. The third-order valence-corrected chi connectivity index (χ3v) is 3.76. The summed E-state index contributed by atoms with van der Waals surface area (Å²) in [4.78, 5) is 25.7. The van der Waals surface area contributed by atoms with Crippen molar-refractivity contribution >= 4 is 17.5 Å². The average molecular weight is 307 g/mol. The number of hydrogen-bond acceptors (Lipinski definition) is 3. The maximum absolute atomic E-state index is 13.0. The van der Waals surface area contributed by atoms with Crippen LogP contribution >= 0.6 is 0 Å². The van der Waals surface area contributed by atoms with Crippen molar-refractivity contribution < 1.29 is 14.0 Å². The van der Waals surface area contributed by atoms with Gasteiger partial charge in [-0.15, -0.1) is 0 Å². The number of carbonyl (C=O) groups excluding carboxylic acids is 2. The van der Waals surface area contributed by atoms with Crippen LogP contribution in [0.2, 0.25) is 0 Å². The van der Waals surface area contributed by atoms with Gasteiger partial charge in [0, 0.05) is 31.6 Å². The van der Waals surface area contributed by atoms with Crippen molar-refractivity contribution in [2.24, 2.45) is 5.92 Å². The first-order chi connectivity index (χ1) is 10.5. The quantitative estimate of drug-likeness (QED) is 0.839. The Labute approximate surface area is 129 Å². The molecule has 0 aromatic heterocycles. The maximum atomic E-state index is 13.0. The number of anilines is 1. The Kier molecular flexibility index (Phi) is 5.89. The Morgan fingerprint density at radius 2 is 2.09 bits per heavy atom. The zero-order valence-electron chi connectivity index (χ0n) is 12.8. The molecule has 2 rings (SSSR count). The van der Waals surface area contributed by atoms with E-state index in [1.54, 1.807) is 6.07 Å². The van der Waals surface area contributed by atoms with Gasteiger partial charge in [-0.1, -0.05) is 6.07 Å². The smallest absolute Gasteiger partial charge is 0.224 e. The first kappa shape index (κ1) is 16.4. The fourth-order valence-corrected chi connectivity index (χ4v) is 2.56. The fourth-order valence-electron chi connectivity index (χ4n) is 2.56. The topological polar surface area (TPSA) is 61.4 Å². The molecule has 0 spiro atoms. The van der Waals surface area contributed by atoms with Crippen LogP contribution in [0.4, 0.5) is 10.1 Å². The molecule has 2 amide bonds. The van der Waals surface area contributed by atoms with Crippen LogP contribution in [0.3, 0.4) is 0 Å². The lowest BCUT2D eigenvalue weighted by Gasteiger charge is -2.11. The molecular formula is C16H22FN3O2. The molecule has 1 aromatic carbocycles. The second kappa shape index (κ2) is 7.89. The molecule has 1 aliphatic heterocycles. The molecule has 0 radical (unpaired) electrons. The highest BCUT2D eigenvalue weighted by molar-refractivity contribution is 5.93. The highest BCUT2D eigenvalue weighted by Crippen LogP contribution is 2.13. The van der Waals surface area contributed by atoms with Crippen LogP contribution in [-0.4, -0.2) is 43.4 Å². The summed E-state index contributed by atoms with van der Waals surface area (Å²) in [5, 5.41) is 5.44. The number of nitrogens with one attached hydrogen (secondary N) is 2. The van der Waals surface area contributed by atoms with Crippen molar-refractivity contribution in [1.29, 1.82) is 0 Å². The number of nitrogens with zero attached hydrogens (tertiary/aromatic N) is 1. The van der Waals surface area contributed by atoms with Crippen LogP contribution in [0.15, 0.2) is 24.3 Å². The maximum Gasteiger partial charge on any atom is 0.224 e. The minimum atomic E-state index is -0.405. The summed E-state index contributed by atoms with van der Waals surface area (Å²) < 4.78 is 13.0. The van der Waals surface area contributed by atoms with Crippen molar-refractivity contribution in [2.75, 3.05) is 32.0 Å². The van der Waals surface area contributed by atoms with E-state index in [-0.39, 0.29) is 24.7 Å². The molecular weight excluding hydrogens is 285 g/mol. The van der Waals surface area contributed by atoms with Gasteiger partial charge in [-0.05, 0) is 44.1 Å². The number of hydrogen-bond donors (Lipinski definition) is 2. The number of likely N-dealkylation sites (tertiary alicyclic amines) is 1. The van der Waals surface area contributed by atoms with Gasteiger partial charge in [0.1, 0.15) is 5.82 Å². The summed E-state index contributed by atoms with van der Waals surface area (Å²) >= 11 is 0. The summed E-state index contributed by atoms with van der Waals surface area (Å²) in [5.74, 6) is -0.322. The number of amides is 2. The summed E-state index contributed by atoms with van der Waals surface area (Å²) in [7, 11) is 2.07. The van der Waals surface area contributed by atoms with Gasteiger partial charge >= 0.3 is 0 Å². The molecule has 1 saturated heterocycles. The van der Waals surface area contributed by atoms with E-state index in [1.807, 2.05) is 0 Å². The second-order valence-corrected chi connectivity index (χ2v) is 5.78. The lowest BCUT2D eigenvalue weighted by Crippen LogP contribution is -2.31. The van der Waals surface area contributed by atoms with E-state index >= 15 is 0 Å². The standard InChI is InChI=1S/C16H22FN3O2/c1-20-8-7-12(11-20)10-18-15(21)5-6-16(22)19-14-4-2-3-13(17)9-14/h2-4,9,12H,5-8,10-11H2,1H3,(H,18,21)(H,19,22). The molecule has 6 heteroatoms. The van der Waals surface area contributed by atoms with E-state index in [9.17, 15) is 14.0 Å². The van der Waals surface area contributed by atoms with Gasteiger partial charge in [0.15, 0.2) is 0 Å². The molecule has 0 saturated carbocycles. The monoisotopic (exact) mass is 307 g/mol. The summed E-state index contributed by atoms with van der Waals surface area (Å²) in [6.45, 7) is 2.73. The summed E-state index contributed by atoms with van der Waals surface area (Å²) in [6.07, 6.45) is 1.33. The first-order valence-electron chi connectivity index (χ1n) is 7.53. The molecule has 0 bridgehead atoms. The van der Waals surface area contributed by atoms with Crippen LogP contribution in [0.1, 0.15) is 19.3 Å². The number of halogens is 1. The normalized spacial score (nSPS) is 18.2. The third kappa shape index (κ3) is 5.44. The van der Waals surface area contributed by atoms with Gasteiger partial charge in [0.2, 0.25) is 11.8 Å². The predicted molar refractivity (Wildman–Crippen MR) is 82.9 cm³/mol. The van der Waals surface area contributed by atoms with Crippen molar-refractivity contribution in [3.05, 3.63) is 30.1 Å². The Bertz CT molecular complexity index is 536. The van der Waals surface area contributed by atoms with Gasteiger partial charge in [0.05, 0.1) is 0 Å². The summed E-state index contributed by atoms with van der Waals surface area (Å²) in [6, 6.07) is 5.69. The van der Waals surface area contributed by atoms with Gasteiger partial charge < -0.3 is 15.5 Å². The first-order valence-corrected chi connectivity index (χ1v) is 7.53. The Balaban J connectivity index is 1.64. The van der Waals surface area contributed by atoms with Crippen molar-refractivity contribution in [3.8, 4) is 0 Å². The van der Waals surface area contributed by atoms with Gasteiger partial charge in [-0.25, -0.2) is 4.39 Å². The number of carbonyl (C=O) groups is 2. The van der Waals surface area contributed by atoms with Crippen molar-refractivity contribution in [2.45, 2.75) is 19.3 Å². The molecule has 1 heterocycles. The van der Waals surface area contributed by atoms with Crippen LogP contribution in [-0.2, 0) is 9.59 Å². The lowest BCUT2D eigenvalue weighted by atomic mass is 10.1. The molecule has 120 valence electrons. The number of benzene rings is 1. The molecule has 5 nitrogen and oxygen atoms in total. The van der Waals surface area contributed by atoms with E-state index in [1.165, 1.54) is 18.2 Å². The van der Waals surface area contributed by atoms with Gasteiger partial charge in [0.25, 0.3) is 0 Å². The molecule has 22 heavy (non-hydrogen) atoms. The minimum Gasteiger partial charge on any atom is -0.356 e. The molecule has 1 atom stereocenters. The third-order valence-electron chi connectivity index (χ3n) is 3.76. The number of rotatable bonds is 6. The molecule has 1 unspecified atom stereocenters. The largest absolute Gasteiger partial charge is 0.356 e. The zero-order chi connectivity index (χ0) is 15.9. The van der Waals surface area contributed by atoms with E-state index in [0.717, 1.165) is 19.5 Å². The van der Waals surface area contributed by atoms with Gasteiger partial charge in [-0.2, -0.15) is 0 Å². The SMILES string of the molecule is CN1CCC(CNC(=O)CCC(=O)Nc2cccc(F)c2)C1.